The molecular formula is C11H18N2O2S2. The van der Waals surface area contributed by atoms with Gasteiger partial charge in [0.2, 0.25) is 0 Å². The standard InChI is InChI=1S/C11H18N2O2S2/c1-8(6-12)9-7-13-11(16-9)10-4-2-3-5-17(10,14)15/h7-8,10H,2-6,12H2,1H3. The Balaban J connectivity index is 2.25. The molecular weight excluding hydrogens is 256 g/mol. The third-order valence-electron chi connectivity index (χ3n) is 3.23. The molecule has 0 bridgehead atoms. The maximum atomic E-state index is 12.0. The molecule has 96 valence electrons. The van der Waals surface area contributed by atoms with Crippen LogP contribution in [-0.4, -0.2) is 25.7 Å². The van der Waals surface area contributed by atoms with E-state index >= 15 is 0 Å². The zero-order valence-corrected chi connectivity index (χ0v) is 11.6. The fourth-order valence-electron chi connectivity index (χ4n) is 2.03. The monoisotopic (exact) mass is 274 g/mol. The Hall–Kier alpha value is -0.460. The zero-order valence-electron chi connectivity index (χ0n) is 9.93. The van der Waals surface area contributed by atoms with E-state index in [4.69, 9.17) is 5.73 Å². The lowest BCUT2D eigenvalue weighted by molar-refractivity contribution is 0.545. The van der Waals surface area contributed by atoms with E-state index in [1.54, 1.807) is 6.20 Å². The third-order valence-corrected chi connectivity index (χ3v) is 6.91. The predicted molar refractivity (Wildman–Crippen MR) is 70.0 cm³/mol. The zero-order chi connectivity index (χ0) is 12.5. The SMILES string of the molecule is CC(CN)c1cnc(C2CCCCS2(=O)=O)s1. The summed E-state index contributed by atoms with van der Waals surface area (Å²) in [6.45, 7) is 2.60. The molecule has 2 N–H and O–H groups in total. The first-order chi connectivity index (χ1) is 8.04. The molecule has 17 heavy (non-hydrogen) atoms. The molecule has 2 heterocycles. The molecule has 1 aromatic rings. The van der Waals surface area contributed by atoms with Gasteiger partial charge >= 0.3 is 0 Å². The van der Waals surface area contributed by atoms with E-state index in [-0.39, 0.29) is 11.2 Å². The maximum absolute atomic E-state index is 12.0. The molecule has 0 aromatic carbocycles. The van der Waals surface area contributed by atoms with Crippen LogP contribution in [0.5, 0.6) is 0 Å². The first-order valence-corrected chi connectivity index (χ1v) is 8.45. The number of sulfone groups is 1. The van der Waals surface area contributed by atoms with Crippen molar-refractivity contribution in [3.63, 3.8) is 0 Å². The average Bonchev–Trinajstić information content (AvgIpc) is 2.76. The third kappa shape index (κ3) is 2.69. The van der Waals surface area contributed by atoms with Crippen LogP contribution < -0.4 is 5.73 Å². The quantitative estimate of drug-likeness (QED) is 0.913. The summed E-state index contributed by atoms with van der Waals surface area (Å²) in [6, 6.07) is 0. The minimum absolute atomic E-state index is 0.257. The summed E-state index contributed by atoms with van der Waals surface area (Å²) >= 11 is 1.50. The van der Waals surface area contributed by atoms with Crippen LogP contribution in [0.1, 0.15) is 47.2 Å². The normalized spacial score (nSPS) is 25.6. The molecule has 0 radical (unpaired) electrons. The van der Waals surface area contributed by atoms with Crippen LogP contribution in [0, 0.1) is 0 Å². The van der Waals surface area contributed by atoms with Gasteiger partial charge < -0.3 is 5.73 Å². The highest BCUT2D eigenvalue weighted by Crippen LogP contribution is 2.36. The number of hydrogen-bond acceptors (Lipinski definition) is 5. The number of aromatic nitrogens is 1. The molecule has 2 rings (SSSR count). The average molecular weight is 274 g/mol. The topological polar surface area (TPSA) is 73.0 Å². The summed E-state index contributed by atoms with van der Waals surface area (Å²) in [7, 11) is -2.98. The molecule has 1 aromatic heterocycles. The van der Waals surface area contributed by atoms with Crippen LogP contribution in [0.3, 0.4) is 0 Å². The Morgan fingerprint density at radius 1 is 1.59 bits per heavy atom. The summed E-state index contributed by atoms with van der Waals surface area (Å²) < 4.78 is 23.9. The van der Waals surface area contributed by atoms with Crippen molar-refractivity contribution in [2.24, 2.45) is 5.73 Å². The van der Waals surface area contributed by atoms with Crippen molar-refractivity contribution in [1.82, 2.24) is 4.98 Å². The van der Waals surface area contributed by atoms with E-state index < -0.39 is 9.84 Å². The van der Waals surface area contributed by atoms with Crippen LogP contribution in [0.15, 0.2) is 6.20 Å². The lowest BCUT2D eigenvalue weighted by Crippen LogP contribution is -2.21. The summed E-state index contributed by atoms with van der Waals surface area (Å²) in [5, 5.41) is 0.375. The van der Waals surface area contributed by atoms with E-state index in [1.807, 2.05) is 6.92 Å². The van der Waals surface area contributed by atoms with Crippen molar-refractivity contribution in [2.45, 2.75) is 37.4 Å². The number of rotatable bonds is 3. The fourth-order valence-corrected chi connectivity index (χ4v) is 5.39. The number of hydrogen-bond donors (Lipinski definition) is 1. The minimum atomic E-state index is -2.98. The van der Waals surface area contributed by atoms with Gasteiger partial charge in [0.1, 0.15) is 10.3 Å². The van der Waals surface area contributed by atoms with Crippen LogP contribution in [-0.2, 0) is 9.84 Å². The second-order valence-corrected chi connectivity index (χ2v) is 7.99. The largest absolute Gasteiger partial charge is 0.330 e. The highest BCUT2D eigenvalue weighted by Gasteiger charge is 2.32. The smallest absolute Gasteiger partial charge is 0.159 e. The molecule has 0 saturated carbocycles. The Kier molecular flexibility index (Phi) is 3.85. The van der Waals surface area contributed by atoms with Gasteiger partial charge in [-0.3, -0.25) is 0 Å². The maximum Gasteiger partial charge on any atom is 0.159 e. The molecule has 6 heteroatoms. The Labute approximate surface area is 106 Å². The van der Waals surface area contributed by atoms with Crippen molar-refractivity contribution in [3.05, 3.63) is 16.1 Å². The first-order valence-electron chi connectivity index (χ1n) is 5.92. The van der Waals surface area contributed by atoms with Gasteiger partial charge in [-0.1, -0.05) is 13.3 Å². The second kappa shape index (κ2) is 5.04. The molecule has 2 atom stereocenters. The molecule has 2 unspecified atom stereocenters. The summed E-state index contributed by atoms with van der Waals surface area (Å²) in [5.41, 5.74) is 5.61. The molecule has 0 amide bonds. The Bertz CT molecular complexity index is 481. The van der Waals surface area contributed by atoms with Gasteiger partial charge in [-0.25, -0.2) is 13.4 Å². The van der Waals surface area contributed by atoms with Gasteiger partial charge in [-0.15, -0.1) is 11.3 Å². The van der Waals surface area contributed by atoms with Crippen molar-refractivity contribution < 1.29 is 8.42 Å². The lowest BCUT2D eigenvalue weighted by atomic mass is 10.1. The molecule has 1 saturated heterocycles. The number of nitrogens with two attached hydrogens (primary N) is 1. The molecule has 0 aliphatic carbocycles. The van der Waals surface area contributed by atoms with E-state index in [0.717, 1.165) is 22.7 Å². The Morgan fingerprint density at radius 2 is 2.35 bits per heavy atom. The van der Waals surface area contributed by atoms with E-state index in [1.165, 1.54) is 11.3 Å². The van der Waals surface area contributed by atoms with E-state index in [2.05, 4.69) is 4.98 Å². The van der Waals surface area contributed by atoms with Gasteiger partial charge in [0.05, 0.1) is 5.75 Å². The molecule has 4 nitrogen and oxygen atoms in total. The first kappa shape index (κ1) is 13.0. The van der Waals surface area contributed by atoms with Crippen LogP contribution in [0.25, 0.3) is 0 Å². The van der Waals surface area contributed by atoms with Crippen LogP contribution >= 0.6 is 11.3 Å². The molecule has 1 aliphatic heterocycles. The van der Waals surface area contributed by atoms with Crippen molar-refractivity contribution in [3.8, 4) is 0 Å². The lowest BCUT2D eigenvalue weighted by Gasteiger charge is -2.20. The molecule has 1 aliphatic rings. The second-order valence-electron chi connectivity index (χ2n) is 4.59. The number of nitrogens with zero attached hydrogens (tertiary/aromatic N) is 1. The van der Waals surface area contributed by atoms with Crippen LogP contribution in [0.4, 0.5) is 0 Å². The van der Waals surface area contributed by atoms with Crippen molar-refractivity contribution >= 4 is 21.2 Å². The van der Waals surface area contributed by atoms with Gasteiger partial charge in [-0.2, -0.15) is 0 Å². The van der Waals surface area contributed by atoms with E-state index in [0.29, 0.717) is 18.7 Å². The summed E-state index contributed by atoms with van der Waals surface area (Å²) in [4.78, 5) is 5.37. The van der Waals surface area contributed by atoms with Gasteiger partial charge in [0.25, 0.3) is 0 Å². The molecule has 1 fully saturated rings. The van der Waals surface area contributed by atoms with Gasteiger partial charge in [0, 0.05) is 17.0 Å². The van der Waals surface area contributed by atoms with Gasteiger partial charge in [-0.05, 0) is 19.4 Å². The fraction of sp³-hybridized carbons (Fsp3) is 0.727. The summed E-state index contributed by atoms with van der Waals surface area (Å²) in [6.07, 6.45) is 4.26. The highest BCUT2D eigenvalue weighted by atomic mass is 32.2. The Morgan fingerprint density at radius 3 is 3.00 bits per heavy atom. The highest BCUT2D eigenvalue weighted by molar-refractivity contribution is 7.91. The minimum Gasteiger partial charge on any atom is -0.330 e. The molecule has 0 spiro atoms. The van der Waals surface area contributed by atoms with Crippen molar-refractivity contribution in [2.75, 3.05) is 12.3 Å². The van der Waals surface area contributed by atoms with Crippen molar-refractivity contribution in [1.29, 1.82) is 0 Å². The number of thiazole rings is 1. The van der Waals surface area contributed by atoms with Gasteiger partial charge in [0.15, 0.2) is 9.84 Å². The summed E-state index contributed by atoms with van der Waals surface area (Å²) in [5.74, 6) is 0.562. The van der Waals surface area contributed by atoms with E-state index in [9.17, 15) is 8.42 Å². The van der Waals surface area contributed by atoms with Crippen LogP contribution in [0.2, 0.25) is 0 Å². The predicted octanol–water partition coefficient (Wildman–Crippen LogP) is 1.85.